The molecule has 0 atom stereocenters. The highest BCUT2D eigenvalue weighted by molar-refractivity contribution is 5.94. The van der Waals surface area contributed by atoms with E-state index in [1.165, 1.54) is 5.56 Å². The largest absolute Gasteiger partial charge is 0.441 e. The molecule has 1 aromatic heterocycles. The lowest BCUT2D eigenvalue weighted by atomic mass is 9.91. The molecule has 0 radical (unpaired) electrons. The van der Waals surface area contributed by atoms with Crippen LogP contribution >= 0.6 is 0 Å². The van der Waals surface area contributed by atoms with Gasteiger partial charge in [0.1, 0.15) is 5.60 Å². The summed E-state index contributed by atoms with van der Waals surface area (Å²) < 4.78 is 5.76. The Kier molecular flexibility index (Phi) is 4.79. The van der Waals surface area contributed by atoms with Gasteiger partial charge >= 0.3 is 6.09 Å². The molecular formula is C21H23N3O3. The van der Waals surface area contributed by atoms with Crippen LogP contribution in [0.4, 0.5) is 4.79 Å². The Morgan fingerprint density at radius 2 is 1.89 bits per heavy atom. The maximum Gasteiger partial charge on any atom is 0.410 e. The number of likely N-dealkylation sites (tertiary alicyclic amines) is 1. The van der Waals surface area contributed by atoms with Crippen LogP contribution < -0.4 is 0 Å². The van der Waals surface area contributed by atoms with Gasteiger partial charge in [0.2, 0.25) is 0 Å². The van der Waals surface area contributed by atoms with Crippen molar-refractivity contribution in [1.29, 1.82) is 0 Å². The standard InChI is InChI=1S/C21H23N3O3/c25-19(18-7-4-11-22-15-18)23-13-9-21(10-14-23)16-24(20(26)27-21)12-8-17-5-2-1-3-6-17/h1-7,11,15H,8-10,12-14,16H2. The predicted octanol–water partition coefficient (Wildman–Crippen LogP) is 2.75. The maximum absolute atomic E-state index is 12.6. The number of nitrogens with zero attached hydrogens (tertiary/aromatic N) is 3. The van der Waals surface area contributed by atoms with Crippen molar-refractivity contribution < 1.29 is 14.3 Å². The summed E-state index contributed by atoms with van der Waals surface area (Å²) >= 11 is 0. The molecule has 6 heteroatoms. The number of hydrogen-bond donors (Lipinski definition) is 0. The van der Waals surface area contributed by atoms with Crippen LogP contribution in [0, 0.1) is 0 Å². The fourth-order valence-corrected chi connectivity index (χ4v) is 3.82. The molecule has 2 aliphatic rings. The molecule has 6 nitrogen and oxygen atoms in total. The molecule has 140 valence electrons. The van der Waals surface area contributed by atoms with Gasteiger partial charge in [-0.25, -0.2) is 4.79 Å². The van der Waals surface area contributed by atoms with Gasteiger partial charge in [0.25, 0.3) is 5.91 Å². The van der Waals surface area contributed by atoms with Crippen molar-refractivity contribution in [1.82, 2.24) is 14.8 Å². The summed E-state index contributed by atoms with van der Waals surface area (Å²) in [7, 11) is 0. The summed E-state index contributed by atoms with van der Waals surface area (Å²) in [5.74, 6) is -0.0109. The number of pyridine rings is 1. The zero-order valence-corrected chi connectivity index (χ0v) is 15.2. The number of hydrogen-bond acceptors (Lipinski definition) is 4. The van der Waals surface area contributed by atoms with Gasteiger partial charge in [-0.05, 0) is 24.1 Å². The van der Waals surface area contributed by atoms with Crippen molar-refractivity contribution in [3.63, 3.8) is 0 Å². The van der Waals surface area contributed by atoms with Crippen molar-refractivity contribution in [2.75, 3.05) is 26.2 Å². The molecule has 0 unspecified atom stereocenters. The average Bonchev–Trinajstić information content (AvgIpc) is 3.03. The van der Waals surface area contributed by atoms with Crippen LogP contribution in [0.3, 0.4) is 0 Å². The van der Waals surface area contributed by atoms with Crippen LogP contribution in [0.25, 0.3) is 0 Å². The van der Waals surface area contributed by atoms with Crippen molar-refractivity contribution in [3.05, 3.63) is 66.0 Å². The monoisotopic (exact) mass is 365 g/mol. The summed E-state index contributed by atoms with van der Waals surface area (Å²) in [6.07, 6.45) is 5.17. The predicted molar refractivity (Wildman–Crippen MR) is 100 cm³/mol. The van der Waals surface area contributed by atoms with Crippen LogP contribution in [0.15, 0.2) is 54.9 Å². The Morgan fingerprint density at radius 3 is 2.59 bits per heavy atom. The highest BCUT2D eigenvalue weighted by atomic mass is 16.6. The molecule has 2 aliphatic heterocycles. The molecule has 0 aliphatic carbocycles. The summed E-state index contributed by atoms with van der Waals surface area (Å²) in [5.41, 5.74) is 1.35. The van der Waals surface area contributed by atoms with Gasteiger partial charge in [0, 0.05) is 44.9 Å². The van der Waals surface area contributed by atoms with E-state index in [1.54, 1.807) is 29.4 Å². The molecule has 2 saturated heterocycles. The van der Waals surface area contributed by atoms with Gasteiger partial charge in [-0.15, -0.1) is 0 Å². The van der Waals surface area contributed by atoms with E-state index in [9.17, 15) is 9.59 Å². The third-order valence-electron chi connectivity index (χ3n) is 5.42. The summed E-state index contributed by atoms with van der Waals surface area (Å²) in [4.78, 5) is 32.5. The normalized spacial score (nSPS) is 18.6. The topological polar surface area (TPSA) is 62.7 Å². The first-order valence-corrected chi connectivity index (χ1v) is 9.36. The van der Waals surface area contributed by atoms with E-state index in [-0.39, 0.29) is 12.0 Å². The number of ether oxygens (including phenoxy) is 1. The van der Waals surface area contributed by atoms with Crippen LogP contribution in [0.5, 0.6) is 0 Å². The lowest BCUT2D eigenvalue weighted by Gasteiger charge is -2.37. The Balaban J connectivity index is 1.33. The molecule has 0 saturated carbocycles. The number of benzene rings is 1. The van der Waals surface area contributed by atoms with Gasteiger partial charge in [-0.3, -0.25) is 9.78 Å². The third kappa shape index (κ3) is 3.79. The molecule has 0 N–H and O–H groups in total. The van der Waals surface area contributed by atoms with E-state index in [1.807, 2.05) is 23.1 Å². The highest BCUT2D eigenvalue weighted by Crippen LogP contribution is 2.33. The SMILES string of the molecule is O=C1OC2(CCN(C(=O)c3cccnc3)CC2)CN1CCc1ccccc1. The van der Waals surface area contributed by atoms with E-state index in [0.717, 1.165) is 6.42 Å². The number of aromatic nitrogens is 1. The second-order valence-electron chi connectivity index (χ2n) is 7.24. The fourth-order valence-electron chi connectivity index (χ4n) is 3.82. The average molecular weight is 365 g/mol. The Labute approximate surface area is 158 Å². The molecule has 1 spiro atoms. The highest BCUT2D eigenvalue weighted by Gasteiger charge is 2.47. The number of amides is 2. The van der Waals surface area contributed by atoms with Crippen LogP contribution in [-0.2, 0) is 11.2 Å². The zero-order valence-electron chi connectivity index (χ0n) is 15.2. The Bertz CT molecular complexity index is 802. The summed E-state index contributed by atoms with van der Waals surface area (Å²) in [6, 6.07) is 13.7. The van der Waals surface area contributed by atoms with Gasteiger partial charge in [0.05, 0.1) is 12.1 Å². The molecule has 1 aromatic carbocycles. The second-order valence-corrected chi connectivity index (χ2v) is 7.24. The Hall–Kier alpha value is -2.89. The number of carbonyl (C=O) groups is 2. The van der Waals surface area contributed by atoms with Crippen molar-refractivity contribution in [2.45, 2.75) is 24.9 Å². The summed E-state index contributed by atoms with van der Waals surface area (Å²) in [6.45, 7) is 2.44. The smallest absolute Gasteiger partial charge is 0.410 e. The van der Waals surface area contributed by atoms with Gasteiger partial charge in [-0.2, -0.15) is 0 Å². The van der Waals surface area contributed by atoms with Crippen LogP contribution in [0.1, 0.15) is 28.8 Å². The van der Waals surface area contributed by atoms with Crippen LogP contribution in [-0.4, -0.2) is 58.6 Å². The van der Waals surface area contributed by atoms with E-state index in [0.29, 0.717) is 44.6 Å². The van der Waals surface area contributed by atoms with Crippen LogP contribution in [0.2, 0.25) is 0 Å². The van der Waals surface area contributed by atoms with Gasteiger partial charge in [0.15, 0.2) is 0 Å². The van der Waals surface area contributed by atoms with E-state index in [2.05, 4.69) is 17.1 Å². The molecule has 4 rings (SSSR count). The van der Waals surface area contributed by atoms with Gasteiger partial charge < -0.3 is 14.5 Å². The third-order valence-corrected chi connectivity index (χ3v) is 5.42. The zero-order chi connectivity index (χ0) is 18.7. The number of piperidine rings is 1. The first kappa shape index (κ1) is 17.5. The number of rotatable bonds is 4. The molecular weight excluding hydrogens is 342 g/mol. The van der Waals surface area contributed by atoms with Crippen molar-refractivity contribution in [2.24, 2.45) is 0 Å². The molecule has 2 amide bonds. The van der Waals surface area contributed by atoms with Gasteiger partial charge in [-0.1, -0.05) is 30.3 Å². The van der Waals surface area contributed by atoms with E-state index >= 15 is 0 Å². The first-order chi connectivity index (χ1) is 13.2. The quantitative estimate of drug-likeness (QED) is 0.836. The minimum Gasteiger partial charge on any atom is -0.441 e. The lowest BCUT2D eigenvalue weighted by molar-refractivity contribution is 0.00313. The number of carbonyl (C=O) groups excluding carboxylic acids is 2. The first-order valence-electron chi connectivity index (χ1n) is 9.36. The lowest BCUT2D eigenvalue weighted by Crippen LogP contribution is -2.48. The fraction of sp³-hybridized carbons (Fsp3) is 0.381. The molecule has 3 heterocycles. The summed E-state index contributed by atoms with van der Waals surface area (Å²) in [5, 5.41) is 0. The molecule has 2 fully saturated rings. The molecule has 0 bridgehead atoms. The minimum absolute atomic E-state index is 0.0109. The Morgan fingerprint density at radius 1 is 1.11 bits per heavy atom. The van der Waals surface area contributed by atoms with E-state index in [4.69, 9.17) is 4.74 Å². The molecule has 2 aromatic rings. The van der Waals surface area contributed by atoms with E-state index < -0.39 is 5.60 Å². The minimum atomic E-state index is -0.459. The molecule has 27 heavy (non-hydrogen) atoms. The second kappa shape index (κ2) is 7.39. The van der Waals surface area contributed by atoms with Crippen molar-refractivity contribution >= 4 is 12.0 Å². The maximum atomic E-state index is 12.6. The van der Waals surface area contributed by atoms with Crippen molar-refractivity contribution in [3.8, 4) is 0 Å².